The number of aryl methyl sites for hydroxylation is 1. The van der Waals surface area contributed by atoms with E-state index in [2.05, 4.69) is 23.7 Å². The fraction of sp³-hybridized carbons (Fsp3) is 0.444. The predicted molar refractivity (Wildman–Crippen MR) is 132 cm³/mol. The average Bonchev–Trinajstić information content (AvgIpc) is 3.11. The number of rotatable bonds is 10. The summed E-state index contributed by atoms with van der Waals surface area (Å²) in [5, 5.41) is 12.2. The van der Waals surface area contributed by atoms with Crippen LogP contribution in [0.3, 0.4) is 0 Å². The molecule has 2 heterocycles. The van der Waals surface area contributed by atoms with Crippen LogP contribution in [0.2, 0.25) is 0 Å². The summed E-state index contributed by atoms with van der Waals surface area (Å²) < 4.78 is 18.3. The second kappa shape index (κ2) is 12.1. The van der Waals surface area contributed by atoms with Crippen LogP contribution in [0.25, 0.3) is 6.08 Å². The summed E-state index contributed by atoms with van der Waals surface area (Å²) in [7, 11) is 0. The fourth-order valence-electron chi connectivity index (χ4n) is 3.85. The lowest BCUT2D eigenvalue weighted by Crippen LogP contribution is -2.30. The Morgan fingerprint density at radius 2 is 1.94 bits per heavy atom. The molecule has 35 heavy (non-hydrogen) atoms. The monoisotopic (exact) mass is 479 g/mol. The molecule has 0 fully saturated rings. The molecule has 2 aromatic rings. The van der Waals surface area contributed by atoms with E-state index in [0.29, 0.717) is 37.8 Å². The summed E-state index contributed by atoms with van der Waals surface area (Å²) in [6, 6.07) is 9.51. The first-order valence-corrected chi connectivity index (χ1v) is 11.9. The summed E-state index contributed by atoms with van der Waals surface area (Å²) in [5.74, 6) is 0.745. The molecule has 0 bridgehead atoms. The zero-order chi connectivity index (χ0) is 25.4. The van der Waals surface area contributed by atoms with Gasteiger partial charge in [0.1, 0.15) is 24.9 Å². The zero-order valence-corrected chi connectivity index (χ0v) is 20.8. The third-order valence-electron chi connectivity index (χ3n) is 5.86. The molecule has 1 amide bonds. The molecule has 1 aliphatic heterocycles. The quantitative estimate of drug-likeness (QED) is 0.316. The van der Waals surface area contributed by atoms with Crippen LogP contribution in [0.15, 0.2) is 29.8 Å². The Morgan fingerprint density at radius 1 is 1.20 bits per heavy atom. The summed E-state index contributed by atoms with van der Waals surface area (Å²) in [5.41, 5.74) is 3.70. The van der Waals surface area contributed by atoms with Gasteiger partial charge in [0.05, 0.1) is 0 Å². The lowest BCUT2D eigenvalue weighted by Gasteiger charge is -2.18. The maximum absolute atomic E-state index is 12.4. The number of benzene rings is 1. The number of aromatic nitrogens is 1. The molecule has 8 heteroatoms. The SMILES string of the molecule is Cc1cc(/C=C(\C#N)C(=O)OCC(=O)NCCc2ccc3c(c2)OCCO3)c(C)n1CCC(C)C. The first kappa shape index (κ1) is 25.9. The van der Waals surface area contributed by atoms with Crippen molar-refractivity contribution in [3.8, 4) is 17.6 Å². The van der Waals surface area contributed by atoms with Crippen LogP contribution in [-0.4, -0.2) is 42.8 Å². The number of hydrogen-bond donors (Lipinski definition) is 1. The standard InChI is InChI=1S/C27H33N3O5/c1-18(2)8-10-30-19(3)13-22(20(30)4)15-23(16-28)27(32)35-17-26(31)29-9-7-21-5-6-24-25(14-21)34-12-11-33-24/h5-6,13-15,18H,7-12,17H2,1-4H3,(H,29,31)/b23-15+. The second-order valence-corrected chi connectivity index (χ2v) is 8.98. The van der Waals surface area contributed by atoms with Gasteiger partial charge in [-0.2, -0.15) is 5.26 Å². The van der Waals surface area contributed by atoms with E-state index in [-0.39, 0.29) is 5.57 Å². The second-order valence-electron chi connectivity index (χ2n) is 8.98. The minimum absolute atomic E-state index is 0.141. The molecule has 0 saturated heterocycles. The lowest BCUT2D eigenvalue weighted by molar-refractivity contribution is -0.144. The molecule has 1 aromatic heterocycles. The summed E-state index contributed by atoms with van der Waals surface area (Å²) in [6.07, 6.45) is 3.15. The van der Waals surface area contributed by atoms with Gasteiger partial charge in [-0.25, -0.2) is 4.79 Å². The molecule has 0 spiro atoms. The molecular weight excluding hydrogens is 446 g/mol. The van der Waals surface area contributed by atoms with Gasteiger partial charge in [0.15, 0.2) is 18.1 Å². The average molecular weight is 480 g/mol. The van der Waals surface area contributed by atoms with E-state index in [9.17, 15) is 14.9 Å². The molecular formula is C27H33N3O5. The van der Waals surface area contributed by atoms with Gasteiger partial charge in [0.25, 0.3) is 5.91 Å². The van der Waals surface area contributed by atoms with Crippen molar-refractivity contribution in [2.75, 3.05) is 26.4 Å². The van der Waals surface area contributed by atoms with Crippen LogP contribution in [-0.2, 0) is 27.3 Å². The molecule has 0 atom stereocenters. The summed E-state index contributed by atoms with van der Waals surface area (Å²) in [6.45, 7) is 10.2. The van der Waals surface area contributed by atoms with Crippen LogP contribution >= 0.6 is 0 Å². The third-order valence-corrected chi connectivity index (χ3v) is 5.86. The summed E-state index contributed by atoms with van der Waals surface area (Å²) >= 11 is 0. The number of esters is 1. The highest BCUT2D eigenvalue weighted by molar-refractivity contribution is 5.99. The Kier molecular flexibility index (Phi) is 8.96. The van der Waals surface area contributed by atoms with Crippen molar-refractivity contribution < 1.29 is 23.8 Å². The molecule has 8 nitrogen and oxygen atoms in total. The fourth-order valence-corrected chi connectivity index (χ4v) is 3.85. The molecule has 0 aliphatic carbocycles. The Bertz CT molecular complexity index is 1140. The smallest absolute Gasteiger partial charge is 0.349 e. The number of amides is 1. The largest absolute Gasteiger partial charge is 0.486 e. The van der Waals surface area contributed by atoms with E-state index in [4.69, 9.17) is 14.2 Å². The van der Waals surface area contributed by atoms with E-state index in [1.54, 1.807) is 0 Å². The van der Waals surface area contributed by atoms with Gasteiger partial charge in [0, 0.05) is 24.5 Å². The number of carbonyl (C=O) groups is 2. The van der Waals surface area contributed by atoms with E-state index in [0.717, 1.165) is 41.2 Å². The molecule has 1 aliphatic rings. The maximum atomic E-state index is 12.4. The Hall–Kier alpha value is -3.73. The van der Waals surface area contributed by atoms with Gasteiger partial charge in [-0.1, -0.05) is 19.9 Å². The minimum atomic E-state index is -0.818. The van der Waals surface area contributed by atoms with Gasteiger partial charge >= 0.3 is 5.97 Å². The topological polar surface area (TPSA) is 103 Å². The minimum Gasteiger partial charge on any atom is -0.486 e. The van der Waals surface area contributed by atoms with Crippen LogP contribution in [0.5, 0.6) is 11.5 Å². The highest BCUT2D eigenvalue weighted by Gasteiger charge is 2.16. The van der Waals surface area contributed by atoms with Crippen molar-refractivity contribution in [2.24, 2.45) is 5.92 Å². The molecule has 1 aromatic carbocycles. The van der Waals surface area contributed by atoms with Gasteiger partial charge in [-0.3, -0.25) is 4.79 Å². The zero-order valence-electron chi connectivity index (χ0n) is 20.8. The van der Waals surface area contributed by atoms with E-state index in [1.165, 1.54) is 6.08 Å². The molecule has 0 unspecified atom stereocenters. The molecule has 3 rings (SSSR count). The maximum Gasteiger partial charge on any atom is 0.349 e. The van der Waals surface area contributed by atoms with Crippen LogP contribution in [0.1, 0.15) is 42.8 Å². The van der Waals surface area contributed by atoms with Gasteiger partial charge in [-0.05, 0) is 68.0 Å². The van der Waals surface area contributed by atoms with Gasteiger partial charge in [-0.15, -0.1) is 0 Å². The van der Waals surface area contributed by atoms with Crippen LogP contribution < -0.4 is 14.8 Å². The molecule has 1 N–H and O–H groups in total. The molecule has 0 radical (unpaired) electrons. The number of carbonyl (C=O) groups excluding carboxylic acids is 2. The number of nitrogens with zero attached hydrogens (tertiary/aromatic N) is 2. The predicted octanol–water partition coefficient (Wildman–Crippen LogP) is 3.73. The third kappa shape index (κ3) is 7.12. The first-order chi connectivity index (χ1) is 16.8. The van der Waals surface area contributed by atoms with Gasteiger partial charge < -0.3 is 24.1 Å². The van der Waals surface area contributed by atoms with Crippen LogP contribution in [0.4, 0.5) is 0 Å². The Morgan fingerprint density at radius 3 is 2.66 bits per heavy atom. The van der Waals surface area contributed by atoms with Crippen molar-refractivity contribution in [3.63, 3.8) is 0 Å². The Balaban J connectivity index is 1.49. The number of nitriles is 1. The van der Waals surface area contributed by atoms with E-state index < -0.39 is 18.5 Å². The van der Waals surface area contributed by atoms with Crippen molar-refractivity contribution in [3.05, 3.63) is 52.4 Å². The summed E-state index contributed by atoms with van der Waals surface area (Å²) in [4.78, 5) is 24.5. The van der Waals surface area contributed by atoms with Crippen LogP contribution in [0, 0.1) is 31.1 Å². The molecule has 186 valence electrons. The lowest BCUT2D eigenvalue weighted by atomic mass is 10.1. The Labute approximate surface area is 206 Å². The molecule has 0 saturated carbocycles. The van der Waals surface area contributed by atoms with E-state index >= 15 is 0 Å². The highest BCUT2D eigenvalue weighted by atomic mass is 16.6. The number of fused-ring (bicyclic) bond motifs is 1. The first-order valence-electron chi connectivity index (χ1n) is 11.9. The van der Waals surface area contributed by atoms with Crippen molar-refractivity contribution >= 4 is 18.0 Å². The van der Waals surface area contributed by atoms with Crippen molar-refractivity contribution in [1.82, 2.24) is 9.88 Å². The highest BCUT2D eigenvalue weighted by Crippen LogP contribution is 2.30. The normalized spacial score (nSPS) is 12.9. The number of nitrogens with one attached hydrogen (secondary N) is 1. The number of ether oxygens (including phenoxy) is 3. The van der Waals surface area contributed by atoms with Crippen molar-refractivity contribution in [2.45, 2.75) is 47.1 Å². The van der Waals surface area contributed by atoms with E-state index in [1.807, 2.05) is 44.2 Å². The van der Waals surface area contributed by atoms with Gasteiger partial charge in [0.2, 0.25) is 0 Å². The van der Waals surface area contributed by atoms with Crippen molar-refractivity contribution in [1.29, 1.82) is 5.26 Å². The number of hydrogen-bond acceptors (Lipinski definition) is 6.